The van der Waals surface area contributed by atoms with Gasteiger partial charge in [-0.1, -0.05) is 88.2 Å². The summed E-state index contributed by atoms with van der Waals surface area (Å²) in [6.07, 6.45) is 1.94. The van der Waals surface area contributed by atoms with Gasteiger partial charge in [-0.2, -0.15) is 0 Å². The van der Waals surface area contributed by atoms with Gasteiger partial charge >= 0.3 is 0 Å². The highest BCUT2D eigenvalue weighted by Gasteiger charge is 2.29. The molecule has 2 nitrogen and oxygen atoms in total. The summed E-state index contributed by atoms with van der Waals surface area (Å²) < 4.78 is 6.27. The second-order valence-corrected chi connectivity index (χ2v) is 9.69. The van der Waals surface area contributed by atoms with Gasteiger partial charge in [-0.05, 0) is 43.3 Å². The summed E-state index contributed by atoms with van der Waals surface area (Å²) in [5.74, 6) is 0.927. The van der Waals surface area contributed by atoms with Crippen molar-refractivity contribution in [3.63, 3.8) is 0 Å². The van der Waals surface area contributed by atoms with Crippen LogP contribution in [0.4, 0.5) is 0 Å². The van der Waals surface area contributed by atoms with Crippen LogP contribution in [0.25, 0.3) is 0 Å². The lowest BCUT2D eigenvalue weighted by atomic mass is 9.95. The molecule has 0 aliphatic carbocycles. The maximum Gasteiger partial charge on any atom is 0.150 e. The third kappa shape index (κ3) is 5.14. The first kappa shape index (κ1) is 21.3. The summed E-state index contributed by atoms with van der Waals surface area (Å²) in [5.41, 5.74) is 5.49. The minimum absolute atomic E-state index is 0.106. The van der Waals surface area contributed by atoms with Gasteiger partial charge in [0.25, 0.3) is 0 Å². The lowest BCUT2D eigenvalue weighted by Gasteiger charge is -2.32. The number of ether oxygens (including phenoxy) is 1. The SMILES string of the molecule is CCC(C)(Pc1ccc(C)cc1C=O)c1cc(C)ccc1OCc1ccccc1. The Morgan fingerprint density at radius 3 is 2.34 bits per heavy atom. The molecule has 0 aromatic heterocycles. The predicted molar refractivity (Wildman–Crippen MR) is 124 cm³/mol. The molecular weight excluding hydrogens is 375 g/mol. The van der Waals surface area contributed by atoms with E-state index in [2.05, 4.69) is 63.2 Å². The van der Waals surface area contributed by atoms with Crippen molar-refractivity contribution in [2.75, 3.05) is 0 Å². The molecule has 0 radical (unpaired) electrons. The quantitative estimate of drug-likeness (QED) is 0.324. The summed E-state index contributed by atoms with van der Waals surface area (Å²) in [5, 5.41) is 1.01. The second kappa shape index (κ2) is 9.37. The van der Waals surface area contributed by atoms with Crippen LogP contribution in [0.5, 0.6) is 5.75 Å². The van der Waals surface area contributed by atoms with Crippen molar-refractivity contribution in [1.82, 2.24) is 0 Å². The number of aryl methyl sites for hydroxylation is 2. The molecule has 29 heavy (non-hydrogen) atoms. The summed E-state index contributed by atoms with van der Waals surface area (Å²) >= 11 is 0. The zero-order chi connectivity index (χ0) is 20.9. The highest BCUT2D eigenvalue weighted by molar-refractivity contribution is 7.48. The van der Waals surface area contributed by atoms with E-state index in [1.54, 1.807) is 0 Å². The van der Waals surface area contributed by atoms with Crippen LogP contribution in [0, 0.1) is 13.8 Å². The molecule has 0 N–H and O–H groups in total. The lowest BCUT2D eigenvalue weighted by molar-refractivity contribution is 0.112. The van der Waals surface area contributed by atoms with Gasteiger partial charge in [0.05, 0.1) is 0 Å². The van der Waals surface area contributed by atoms with Gasteiger partial charge in [-0.3, -0.25) is 4.79 Å². The summed E-state index contributed by atoms with van der Waals surface area (Å²) in [4.78, 5) is 11.7. The molecule has 0 saturated heterocycles. The first-order valence-corrected chi connectivity index (χ1v) is 11.1. The van der Waals surface area contributed by atoms with E-state index in [1.807, 2.05) is 31.2 Å². The summed E-state index contributed by atoms with van der Waals surface area (Å²) in [6, 6.07) is 22.8. The molecule has 0 aliphatic heterocycles. The van der Waals surface area contributed by atoms with Crippen LogP contribution in [-0.2, 0) is 11.8 Å². The van der Waals surface area contributed by atoms with Crippen molar-refractivity contribution in [2.24, 2.45) is 0 Å². The molecule has 3 rings (SSSR count). The van der Waals surface area contributed by atoms with Crippen LogP contribution in [-0.4, -0.2) is 6.29 Å². The third-order valence-corrected chi connectivity index (χ3v) is 7.32. The number of rotatable bonds is 8. The van der Waals surface area contributed by atoms with Crippen molar-refractivity contribution in [1.29, 1.82) is 0 Å². The Kier molecular flexibility index (Phi) is 6.87. The fourth-order valence-electron chi connectivity index (χ4n) is 3.47. The first-order chi connectivity index (χ1) is 13.9. The Morgan fingerprint density at radius 2 is 1.66 bits per heavy atom. The molecule has 0 aliphatic rings. The van der Waals surface area contributed by atoms with Crippen LogP contribution in [0.2, 0.25) is 0 Å². The van der Waals surface area contributed by atoms with Crippen molar-refractivity contribution < 1.29 is 9.53 Å². The Bertz CT molecular complexity index is 981. The fourth-order valence-corrected chi connectivity index (χ4v) is 5.02. The van der Waals surface area contributed by atoms with E-state index in [9.17, 15) is 4.79 Å². The topological polar surface area (TPSA) is 26.3 Å². The van der Waals surface area contributed by atoms with Gasteiger partial charge in [-0.25, -0.2) is 0 Å². The second-order valence-electron chi connectivity index (χ2n) is 7.79. The van der Waals surface area contributed by atoms with Gasteiger partial charge < -0.3 is 4.74 Å². The summed E-state index contributed by atoms with van der Waals surface area (Å²) in [7, 11) is 0.480. The minimum atomic E-state index is -0.106. The van der Waals surface area contributed by atoms with Crippen LogP contribution in [0.1, 0.15) is 52.9 Å². The minimum Gasteiger partial charge on any atom is -0.489 e. The predicted octanol–water partition coefficient (Wildman–Crippen LogP) is 6.32. The Balaban J connectivity index is 1.95. The van der Waals surface area contributed by atoms with Crippen LogP contribution < -0.4 is 10.0 Å². The van der Waals surface area contributed by atoms with E-state index in [-0.39, 0.29) is 5.16 Å². The number of carbonyl (C=O) groups is 1. The fraction of sp³-hybridized carbons (Fsp3) is 0.269. The van der Waals surface area contributed by atoms with E-state index in [0.717, 1.165) is 40.5 Å². The Labute approximate surface area is 176 Å². The highest BCUT2D eigenvalue weighted by atomic mass is 31.1. The van der Waals surface area contributed by atoms with Gasteiger partial charge in [0.2, 0.25) is 0 Å². The molecule has 2 unspecified atom stereocenters. The molecule has 0 saturated carbocycles. The van der Waals surface area contributed by atoms with Crippen LogP contribution in [0.3, 0.4) is 0 Å². The van der Waals surface area contributed by atoms with E-state index in [1.165, 1.54) is 11.1 Å². The van der Waals surface area contributed by atoms with Gasteiger partial charge in [0.1, 0.15) is 12.4 Å². The Morgan fingerprint density at radius 1 is 0.966 bits per heavy atom. The molecule has 0 heterocycles. The molecular formula is C26H29O2P. The van der Waals surface area contributed by atoms with Crippen molar-refractivity contribution in [3.05, 3.63) is 94.5 Å². The van der Waals surface area contributed by atoms with Crippen molar-refractivity contribution >= 4 is 20.2 Å². The molecule has 150 valence electrons. The number of aldehydes is 1. The number of carbonyl (C=O) groups excluding carboxylic acids is 1. The number of hydrogen-bond donors (Lipinski definition) is 0. The smallest absolute Gasteiger partial charge is 0.150 e. The standard InChI is InChI=1S/C26H29O2P/c1-5-26(4,29-25-14-12-19(2)15-22(25)17-27)23-16-20(3)11-13-24(23)28-18-21-9-7-6-8-10-21/h6-17,29H,5,18H2,1-4H3. The molecule has 2 atom stereocenters. The number of hydrogen-bond acceptors (Lipinski definition) is 2. The average Bonchev–Trinajstić information content (AvgIpc) is 2.74. The van der Waals surface area contributed by atoms with E-state index in [4.69, 9.17) is 4.74 Å². The molecule has 0 fully saturated rings. The van der Waals surface area contributed by atoms with Crippen molar-refractivity contribution in [3.8, 4) is 5.75 Å². The summed E-state index contributed by atoms with van der Waals surface area (Å²) in [6.45, 7) is 9.18. The highest BCUT2D eigenvalue weighted by Crippen LogP contribution is 2.48. The van der Waals surface area contributed by atoms with E-state index >= 15 is 0 Å². The molecule has 3 heteroatoms. The maximum atomic E-state index is 11.7. The zero-order valence-corrected chi connectivity index (χ0v) is 18.7. The van der Waals surface area contributed by atoms with Gasteiger partial charge in [0, 0.05) is 16.3 Å². The Hall–Kier alpha value is -2.44. The number of benzene rings is 3. The lowest BCUT2D eigenvalue weighted by Crippen LogP contribution is -2.21. The first-order valence-electron chi connectivity index (χ1n) is 10.1. The van der Waals surface area contributed by atoms with E-state index < -0.39 is 0 Å². The molecule has 0 bridgehead atoms. The zero-order valence-electron chi connectivity index (χ0n) is 17.7. The molecule has 3 aromatic carbocycles. The van der Waals surface area contributed by atoms with Gasteiger partial charge in [0.15, 0.2) is 6.29 Å². The normalized spacial score (nSPS) is 13.4. The van der Waals surface area contributed by atoms with Crippen LogP contribution in [0.15, 0.2) is 66.7 Å². The van der Waals surface area contributed by atoms with Crippen LogP contribution >= 0.6 is 8.58 Å². The average molecular weight is 404 g/mol. The molecule has 0 amide bonds. The molecule has 3 aromatic rings. The maximum absolute atomic E-state index is 11.7. The van der Waals surface area contributed by atoms with Gasteiger partial charge in [-0.15, -0.1) is 0 Å². The van der Waals surface area contributed by atoms with E-state index in [0.29, 0.717) is 15.2 Å². The monoisotopic (exact) mass is 404 g/mol. The third-order valence-electron chi connectivity index (χ3n) is 5.42. The largest absolute Gasteiger partial charge is 0.489 e. The van der Waals surface area contributed by atoms with Crippen molar-refractivity contribution in [2.45, 2.75) is 45.9 Å². The molecule has 0 spiro atoms.